The third-order valence-corrected chi connectivity index (χ3v) is 4.70. The summed E-state index contributed by atoms with van der Waals surface area (Å²) in [4.78, 5) is 11.9. The topological polar surface area (TPSA) is 52.9 Å². The molecule has 94 valence electrons. The molecule has 2 aliphatic rings. The number of rotatable bonds is 4. The van der Waals surface area contributed by atoms with Crippen molar-refractivity contribution < 1.29 is 4.79 Å². The normalized spacial score (nSPS) is 34.1. The number of nitriles is 1. The summed E-state index contributed by atoms with van der Waals surface area (Å²) >= 11 is 0. The lowest BCUT2D eigenvalue weighted by Crippen LogP contribution is -2.45. The molecule has 17 heavy (non-hydrogen) atoms. The van der Waals surface area contributed by atoms with Gasteiger partial charge in [-0.05, 0) is 50.4 Å². The van der Waals surface area contributed by atoms with Crippen LogP contribution in [0.1, 0.15) is 52.4 Å². The zero-order chi connectivity index (χ0) is 12.5. The van der Waals surface area contributed by atoms with E-state index in [-0.39, 0.29) is 5.91 Å². The van der Waals surface area contributed by atoms with E-state index in [1.54, 1.807) is 6.92 Å². The number of hydrogen-bond acceptors (Lipinski definition) is 2. The first kappa shape index (κ1) is 12.4. The predicted molar refractivity (Wildman–Crippen MR) is 66.0 cm³/mol. The second kappa shape index (κ2) is 4.68. The van der Waals surface area contributed by atoms with Crippen molar-refractivity contribution >= 4 is 5.91 Å². The van der Waals surface area contributed by atoms with Crippen LogP contribution in [-0.2, 0) is 4.79 Å². The smallest absolute Gasteiger partial charge is 0.221 e. The van der Waals surface area contributed by atoms with E-state index in [1.165, 1.54) is 25.7 Å². The van der Waals surface area contributed by atoms with Crippen molar-refractivity contribution in [2.45, 2.75) is 57.9 Å². The Bertz CT molecular complexity index is 347. The van der Waals surface area contributed by atoms with Crippen molar-refractivity contribution in [1.82, 2.24) is 5.32 Å². The van der Waals surface area contributed by atoms with Crippen LogP contribution in [0.3, 0.4) is 0 Å². The molecule has 2 aliphatic carbocycles. The fourth-order valence-corrected chi connectivity index (χ4v) is 3.42. The number of nitrogens with one attached hydrogen (secondary N) is 1. The molecule has 0 aromatic rings. The first-order valence-electron chi connectivity index (χ1n) is 6.78. The van der Waals surface area contributed by atoms with Gasteiger partial charge in [0, 0.05) is 6.42 Å². The molecular formula is C14H22N2O. The number of hydrogen-bond donors (Lipinski definition) is 1. The van der Waals surface area contributed by atoms with Crippen LogP contribution in [0.4, 0.5) is 0 Å². The Balaban J connectivity index is 1.84. The molecule has 0 saturated heterocycles. The van der Waals surface area contributed by atoms with Gasteiger partial charge in [-0.2, -0.15) is 5.26 Å². The van der Waals surface area contributed by atoms with E-state index in [9.17, 15) is 4.79 Å². The number of carbonyl (C=O) groups excluding carboxylic acids is 1. The molecule has 3 nitrogen and oxygen atoms in total. The monoisotopic (exact) mass is 234 g/mol. The van der Waals surface area contributed by atoms with Gasteiger partial charge in [-0.3, -0.25) is 4.79 Å². The fraction of sp³-hybridized carbons (Fsp3) is 0.857. The van der Waals surface area contributed by atoms with Crippen molar-refractivity contribution in [2.75, 3.05) is 0 Å². The molecule has 2 saturated carbocycles. The molecular weight excluding hydrogens is 212 g/mol. The highest BCUT2D eigenvalue weighted by molar-refractivity contribution is 5.77. The van der Waals surface area contributed by atoms with Gasteiger partial charge >= 0.3 is 0 Å². The lowest BCUT2D eigenvalue weighted by molar-refractivity contribution is -0.123. The van der Waals surface area contributed by atoms with Crippen LogP contribution in [0, 0.1) is 29.1 Å². The van der Waals surface area contributed by atoms with Crippen molar-refractivity contribution in [3.8, 4) is 6.07 Å². The minimum atomic E-state index is -0.686. The first-order chi connectivity index (χ1) is 8.06. The maximum Gasteiger partial charge on any atom is 0.221 e. The van der Waals surface area contributed by atoms with Crippen LogP contribution in [0.15, 0.2) is 0 Å². The molecule has 3 heteroatoms. The standard InChI is InChI=1S/C14H22N2O/c1-3-14(2,9-15)16-13(17)8-12-7-10-4-5-11(12)6-10/h10-12H,3-8H2,1-2H3,(H,16,17). The van der Waals surface area contributed by atoms with Gasteiger partial charge in [0.2, 0.25) is 5.91 Å². The number of nitrogens with zero attached hydrogens (tertiary/aromatic N) is 1. The lowest BCUT2D eigenvalue weighted by Gasteiger charge is -2.25. The van der Waals surface area contributed by atoms with Crippen molar-refractivity contribution in [2.24, 2.45) is 17.8 Å². The summed E-state index contributed by atoms with van der Waals surface area (Å²) in [6.07, 6.45) is 6.53. The Labute approximate surface area is 104 Å². The quantitative estimate of drug-likeness (QED) is 0.813. The number of carbonyl (C=O) groups is 1. The van der Waals surface area contributed by atoms with Crippen LogP contribution >= 0.6 is 0 Å². The van der Waals surface area contributed by atoms with Crippen LogP contribution in [-0.4, -0.2) is 11.4 Å². The molecule has 0 spiro atoms. The molecule has 2 fully saturated rings. The molecule has 4 unspecified atom stereocenters. The molecule has 0 aromatic heterocycles. The lowest BCUT2D eigenvalue weighted by atomic mass is 9.86. The van der Waals surface area contributed by atoms with Gasteiger partial charge in [0.25, 0.3) is 0 Å². The molecule has 2 rings (SSSR count). The van der Waals surface area contributed by atoms with E-state index >= 15 is 0 Å². The largest absolute Gasteiger partial charge is 0.338 e. The van der Waals surface area contributed by atoms with Crippen molar-refractivity contribution in [1.29, 1.82) is 5.26 Å². The van der Waals surface area contributed by atoms with E-state index in [4.69, 9.17) is 5.26 Å². The van der Waals surface area contributed by atoms with E-state index in [2.05, 4.69) is 11.4 Å². The first-order valence-corrected chi connectivity index (χ1v) is 6.78. The maximum absolute atomic E-state index is 11.9. The fourth-order valence-electron chi connectivity index (χ4n) is 3.42. The summed E-state index contributed by atoms with van der Waals surface area (Å²) in [6.45, 7) is 3.73. The summed E-state index contributed by atoms with van der Waals surface area (Å²) in [5.74, 6) is 2.30. The summed E-state index contributed by atoms with van der Waals surface area (Å²) in [5.41, 5.74) is -0.686. The minimum absolute atomic E-state index is 0.0634. The van der Waals surface area contributed by atoms with Gasteiger partial charge in [-0.25, -0.2) is 0 Å². The minimum Gasteiger partial charge on any atom is -0.338 e. The zero-order valence-corrected chi connectivity index (χ0v) is 10.8. The van der Waals surface area contributed by atoms with E-state index in [0.717, 1.165) is 11.8 Å². The van der Waals surface area contributed by atoms with E-state index < -0.39 is 5.54 Å². The third-order valence-electron chi connectivity index (χ3n) is 4.70. The van der Waals surface area contributed by atoms with Gasteiger partial charge in [0.05, 0.1) is 6.07 Å². The zero-order valence-electron chi connectivity index (χ0n) is 10.8. The molecule has 2 bridgehead atoms. The molecule has 1 amide bonds. The summed E-state index contributed by atoms with van der Waals surface area (Å²) in [5, 5.41) is 11.9. The highest BCUT2D eigenvalue weighted by Gasteiger charge is 2.40. The molecule has 0 aliphatic heterocycles. The van der Waals surface area contributed by atoms with Crippen LogP contribution in [0.2, 0.25) is 0 Å². The van der Waals surface area contributed by atoms with Gasteiger partial charge in [-0.15, -0.1) is 0 Å². The Morgan fingerprint density at radius 1 is 1.47 bits per heavy atom. The third kappa shape index (κ3) is 2.62. The summed E-state index contributed by atoms with van der Waals surface area (Å²) in [7, 11) is 0. The number of fused-ring (bicyclic) bond motifs is 2. The predicted octanol–water partition coefficient (Wildman–Crippen LogP) is 2.62. The SMILES string of the molecule is CCC(C)(C#N)NC(=O)CC1CC2CCC1C2. The summed E-state index contributed by atoms with van der Waals surface area (Å²) < 4.78 is 0. The van der Waals surface area contributed by atoms with Gasteiger partial charge in [0.1, 0.15) is 5.54 Å². The Kier molecular flexibility index (Phi) is 3.42. The van der Waals surface area contributed by atoms with Crippen LogP contribution in [0.25, 0.3) is 0 Å². The van der Waals surface area contributed by atoms with Crippen molar-refractivity contribution in [3.05, 3.63) is 0 Å². The molecule has 1 N–H and O–H groups in total. The second-order valence-corrected chi connectivity index (χ2v) is 5.98. The van der Waals surface area contributed by atoms with Gasteiger partial charge in [-0.1, -0.05) is 13.3 Å². The molecule has 4 atom stereocenters. The van der Waals surface area contributed by atoms with Crippen LogP contribution < -0.4 is 5.32 Å². The average molecular weight is 234 g/mol. The van der Waals surface area contributed by atoms with Gasteiger partial charge < -0.3 is 5.32 Å². The Morgan fingerprint density at radius 3 is 2.71 bits per heavy atom. The average Bonchev–Trinajstić information content (AvgIpc) is 2.90. The second-order valence-electron chi connectivity index (χ2n) is 5.98. The molecule has 0 aromatic carbocycles. The van der Waals surface area contributed by atoms with E-state index in [1.807, 2.05) is 6.92 Å². The highest BCUT2D eigenvalue weighted by atomic mass is 16.1. The Hall–Kier alpha value is -1.04. The van der Waals surface area contributed by atoms with Gasteiger partial charge in [0.15, 0.2) is 0 Å². The summed E-state index contributed by atoms with van der Waals surface area (Å²) in [6, 6.07) is 2.19. The Morgan fingerprint density at radius 2 is 2.24 bits per heavy atom. The van der Waals surface area contributed by atoms with Crippen LogP contribution in [0.5, 0.6) is 0 Å². The van der Waals surface area contributed by atoms with Crippen molar-refractivity contribution in [3.63, 3.8) is 0 Å². The molecule has 0 radical (unpaired) electrons. The highest BCUT2D eigenvalue weighted by Crippen LogP contribution is 2.49. The maximum atomic E-state index is 11.9. The van der Waals surface area contributed by atoms with E-state index in [0.29, 0.717) is 18.8 Å². The number of amides is 1. The molecule has 0 heterocycles.